The van der Waals surface area contributed by atoms with Gasteiger partial charge < -0.3 is 14.9 Å². The molecular weight excluding hydrogens is 240 g/mol. The summed E-state index contributed by atoms with van der Waals surface area (Å²) in [5.41, 5.74) is 9.03. The second kappa shape index (κ2) is 4.65. The van der Waals surface area contributed by atoms with Crippen molar-refractivity contribution >= 4 is 16.8 Å². The Labute approximate surface area is 110 Å². The van der Waals surface area contributed by atoms with Gasteiger partial charge in [-0.05, 0) is 29.8 Å². The maximum Gasteiger partial charge on any atom is 0.199 e. The lowest BCUT2D eigenvalue weighted by atomic mass is 10.1. The molecule has 2 N–H and O–H groups in total. The first-order valence-corrected chi connectivity index (χ1v) is 6.03. The van der Waals surface area contributed by atoms with Crippen LogP contribution in [0.1, 0.15) is 11.5 Å². The molecule has 19 heavy (non-hydrogen) atoms. The first kappa shape index (κ1) is 11.6. The van der Waals surface area contributed by atoms with Crippen LogP contribution in [-0.2, 0) is 6.42 Å². The predicted molar refractivity (Wildman–Crippen MR) is 74.2 cm³/mol. The molecule has 96 valence electrons. The molecule has 0 saturated carbocycles. The van der Waals surface area contributed by atoms with Crippen molar-refractivity contribution in [3.8, 4) is 5.75 Å². The third kappa shape index (κ3) is 2.25. The highest BCUT2D eigenvalue weighted by atomic mass is 16.5. The number of nitrogens with two attached hydrogens (primary N) is 1. The monoisotopic (exact) mass is 254 g/mol. The minimum Gasteiger partial charge on any atom is -0.497 e. The molecule has 0 spiro atoms. The van der Waals surface area contributed by atoms with Gasteiger partial charge in [-0.3, -0.25) is 0 Å². The first-order valence-electron chi connectivity index (χ1n) is 6.03. The van der Waals surface area contributed by atoms with Gasteiger partial charge in [0.25, 0.3) is 0 Å². The molecule has 0 aliphatic rings. The quantitative estimate of drug-likeness (QED) is 0.730. The van der Waals surface area contributed by atoms with Crippen LogP contribution in [0.4, 0.5) is 5.69 Å². The first-order chi connectivity index (χ1) is 9.26. The van der Waals surface area contributed by atoms with E-state index in [4.69, 9.17) is 14.9 Å². The van der Waals surface area contributed by atoms with Gasteiger partial charge in [0.05, 0.1) is 12.8 Å². The van der Waals surface area contributed by atoms with Crippen molar-refractivity contribution in [2.24, 2.45) is 0 Å². The van der Waals surface area contributed by atoms with E-state index in [2.05, 4.69) is 4.98 Å². The largest absolute Gasteiger partial charge is 0.497 e. The number of hydrogen-bond acceptors (Lipinski definition) is 4. The van der Waals surface area contributed by atoms with E-state index in [1.54, 1.807) is 7.11 Å². The molecule has 0 amide bonds. The van der Waals surface area contributed by atoms with E-state index in [1.807, 2.05) is 42.5 Å². The summed E-state index contributed by atoms with van der Waals surface area (Å²) < 4.78 is 10.9. The minimum atomic E-state index is 0.616. The minimum absolute atomic E-state index is 0.616. The maximum absolute atomic E-state index is 5.87. The Morgan fingerprint density at radius 1 is 1.21 bits per heavy atom. The molecule has 4 heteroatoms. The Hall–Kier alpha value is -2.49. The van der Waals surface area contributed by atoms with Gasteiger partial charge in [0.1, 0.15) is 11.3 Å². The number of hydrogen-bond donors (Lipinski definition) is 1. The zero-order chi connectivity index (χ0) is 13.2. The molecule has 0 aliphatic carbocycles. The SMILES string of the molecule is COc1cccc(Cc2nc3c(N)cccc3o2)c1. The van der Waals surface area contributed by atoms with Crippen LogP contribution in [0, 0.1) is 0 Å². The Balaban J connectivity index is 1.94. The van der Waals surface area contributed by atoms with Gasteiger partial charge in [-0.2, -0.15) is 0 Å². The van der Waals surface area contributed by atoms with Gasteiger partial charge in [-0.25, -0.2) is 4.98 Å². The normalized spacial score (nSPS) is 10.8. The van der Waals surface area contributed by atoms with E-state index < -0.39 is 0 Å². The van der Waals surface area contributed by atoms with E-state index >= 15 is 0 Å². The summed E-state index contributed by atoms with van der Waals surface area (Å²) >= 11 is 0. The molecule has 0 fully saturated rings. The van der Waals surface area contributed by atoms with Crippen LogP contribution in [0.3, 0.4) is 0 Å². The number of nitrogens with zero attached hydrogens (tertiary/aromatic N) is 1. The number of ether oxygens (including phenoxy) is 1. The summed E-state index contributed by atoms with van der Waals surface area (Å²) in [6.07, 6.45) is 0.616. The predicted octanol–water partition coefficient (Wildman–Crippen LogP) is 3.01. The highest BCUT2D eigenvalue weighted by molar-refractivity contribution is 5.85. The van der Waals surface area contributed by atoms with Crippen LogP contribution in [0.5, 0.6) is 5.75 Å². The van der Waals surface area contributed by atoms with Crippen LogP contribution in [0.2, 0.25) is 0 Å². The number of aromatic nitrogens is 1. The fourth-order valence-corrected chi connectivity index (χ4v) is 2.05. The lowest BCUT2D eigenvalue weighted by molar-refractivity contribution is 0.414. The molecule has 3 aromatic rings. The second-order valence-electron chi connectivity index (χ2n) is 4.33. The number of oxazole rings is 1. The van der Waals surface area contributed by atoms with Crippen molar-refractivity contribution in [2.75, 3.05) is 12.8 Å². The average molecular weight is 254 g/mol. The summed E-state index contributed by atoms with van der Waals surface area (Å²) in [4.78, 5) is 4.43. The van der Waals surface area contributed by atoms with Crippen molar-refractivity contribution < 1.29 is 9.15 Å². The number of methoxy groups -OCH3 is 1. The van der Waals surface area contributed by atoms with Crippen LogP contribution < -0.4 is 10.5 Å². The molecule has 0 aliphatic heterocycles. The summed E-state index contributed by atoms with van der Waals surface area (Å²) in [7, 11) is 1.65. The van der Waals surface area contributed by atoms with Crippen LogP contribution in [-0.4, -0.2) is 12.1 Å². The second-order valence-corrected chi connectivity index (χ2v) is 4.33. The number of nitrogen functional groups attached to an aromatic ring is 1. The van der Waals surface area contributed by atoms with Gasteiger partial charge in [-0.15, -0.1) is 0 Å². The average Bonchev–Trinajstić information content (AvgIpc) is 2.83. The smallest absolute Gasteiger partial charge is 0.199 e. The summed E-state index contributed by atoms with van der Waals surface area (Å²) in [6, 6.07) is 13.4. The summed E-state index contributed by atoms with van der Waals surface area (Å²) in [5, 5.41) is 0. The molecule has 2 aromatic carbocycles. The molecule has 0 atom stereocenters. The van der Waals surface area contributed by atoms with Gasteiger partial charge in [-0.1, -0.05) is 18.2 Å². The molecule has 3 rings (SSSR count). The van der Waals surface area contributed by atoms with Crippen LogP contribution >= 0.6 is 0 Å². The molecule has 0 radical (unpaired) electrons. The van der Waals surface area contributed by atoms with Gasteiger partial charge in [0.15, 0.2) is 11.5 Å². The third-order valence-corrected chi connectivity index (χ3v) is 2.98. The molecule has 1 aromatic heterocycles. The standard InChI is InChI=1S/C15H14N2O2/c1-18-11-5-2-4-10(8-11)9-14-17-15-12(16)6-3-7-13(15)19-14/h2-8H,9,16H2,1H3. The highest BCUT2D eigenvalue weighted by Gasteiger charge is 2.09. The van der Waals surface area contributed by atoms with E-state index in [0.29, 0.717) is 18.0 Å². The van der Waals surface area contributed by atoms with Crippen molar-refractivity contribution in [1.29, 1.82) is 0 Å². The highest BCUT2D eigenvalue weighted by Crippen LogP contribution is 2.23. The van der Waals surface area contributed by atoms with E-state index in [-0.39, 0.29) is 0 Å². The van der Waals surface area contributed by atoms with Crippen molar-refractivity contribution in [3.63, 3.8) is 0 Å². The molecule has 1 heterocycles. The summed E-state index contributed by atoms with van der Waals surface area (Å²) in [6.45, 7) is 0. The molecular formula is C15H14N2O2. The number of para-hydroxylation sites is 1. The van der Waals surface area contributed by atoms with Crippen LogP contribution in [0.15, 0.2) is 46.9 Å². The van der Waals surface area contributed by atoms with E-state index in [1.165, 1.54) is 0 Å². The van der Waals surface area contributed by atoms with Crippen molar-refractivity contribution in [1.82, 2.24) is 4.98 Å². The number of fused-ring (bicyclic) bond motifs is 1. The topological polar surface area (TPSA) is 61.3 Å². The van der Waals surface area contributed by atoms with Crippen molar-refractivity contribution in [2.45, 2.75) is 6.42 Å². The maximum atomic E-state index is 5.87. The van der Waals surface area contributed by atoms with Gasteiger partial charge in [0, 0.05) is 6.42 Å². The Morgan fingerprint density at radius 3 is 2.84 bits per heavy atom. The van der Waals surface area contributed by atoms with Crippen LogP contribution in [0.25, 0.3) is 11.1 Å². The Bertz CT molecular complexity index is 719. The molecule has 0 bridgehead atoms. The lowest BCUT2D eigenvalue weighted by Gasteiger charge is -2.01. The fraction of sp³-hybridized carbons (Fsp3) is 0.133. The number of benzene rings is 2. The number of rotatable bonds is 3. The zero-order valence-corrected chi connectivity index (χ0v) is 10.6. The molecule has 0 saturated heterocycles. The van der Waals surface area contributed by atoms with E-state index in [0.717, 1.165) is 22.4 Å². The Morgan fingerprint density at radius 2 is 2.05 bits per heavy atom. The Kier molecular flexibility index (Phi) is 2.83. The summed E-state index contributed by atoms with van der Waals surface area (Å²) in [5.74, 6) is 1.48. The lowest BCUT2D eigenvalue weighted by Crippen LogP contribution is -1.90. The molecule has 0 unspecified atom stereocenters. The van der Waals surface area contributed by atoms with Crippen molar-refractivity contribution in [3.05, 3.63) is 53.9 Å². The number of anilines is 1. The van der Waals surface area contributed by atoms with Gasteiger partial charge >= 0.3 is 0 Å². The molecule has 4 nitrogen and oxygen atoms in total. The van der Waals surface area contributed by atoms with E-state index in [9.17, 15) is 0 Å². The third-order valence-electron chi connectivity index (χ3n) is 2.98. The zero-order valence-electron chi connectivity index (χ0n) is 10.6. The van der Waals surface area contributed by atoms with Gasteiger partial charge in [0.2, 0.25) is 0 Å². The fourth-order valence-electron chi connectivity index (χ4n) is 2.05.